The fourth-order valence-corrected chi connectivity index (χ4v) is 4.29. The summed E-state index contributed by atoms with van der Waals surface area (Å²) < 4.78 is 6.51. The lowest BCUT2D eigenvalue weighted by atomic mass is 9.92. The molecule has 142 valence electrons. The first-order chi connectivity index (χ1) is 13.0. The molecule has 7 nitrogen and oxygen atoms in total. The third-order valence-electron chi connectivity index (χ3n) is 5.36. The van der Waals surface area contributed by atoms with Crippen molar-refractivity contribution in [3.63, 3.8) is 0 Å². The Labute approximate surface area is 163 Å². The summed E-state index contributed by atoms with van der Waals surface area (Å²) in [6.45, 7) is 10.3. The first kappa shape index (κ1) is 16.9. The minimum atomic E-state index is 0.0269. The minimum Gasteiger partial charge on any atom is -0.351 e. The average Bonchev–Trinajstić information content (AvgIpc) is 3.20. The molecule has 1 saturated heterocycles. The van der Waals surface area contributed by atoms with E-state index in [4.69, 9.17) is 10.1 Å². The van der Waals surface area contributed by atoms with Crippen molar-refractivity contribution in [2.24, 2.45) is 0 Å². The molecule has 1 saturated carbocycles. The molecular weight excluding hydrogens is 358 g/mol. The van der Waals surface area contributed by atoms with Crippen LogP contribution in [-0.4, -0.2) is 50.1 Å². The van der Waals surface area contributed by atoms with Crippen LogP contribution in [0.2, 0.25) is 0 Å². The van der Waals surface area contributed by atoms with Crippen LogP contribution in [0.4, 0.5) is 10.9 Å². The van der Waals surface area contributed by atoms with Crippen molar-refractivity contribution in [1.29, 1.82) is 0 Å². The summed E-state index contributed by atoms with van der Waals surface area (Å²) in [5.74, 6) is 2.70. The quantitative estimate of drug-likeness (QED) is 0.693. The van der Waals surface area contributed by atoms with Crippen LogP contribution in [0.5, 0.6) is 0 Å². The van der Waals surface area contributed by atoms with E-state index in [2.05, 4.69) is 46.0 Å². The van der Waals surface area contributed by atoms with Crippen molar-refractivity contribution in [1.82, 2.24) is 24.0 Å². The van der Waals surface area contributed by atoms with Crippen molar-refractivity contribution in [3.8, 4) is 0 Å². The Morgan fingerprint density at radius 2 is 1.81 bits per heavy atom. The van der Waals surface area contributed by atoms with Crippen molar-refractivity contribution in [2.45, 2.75) is 44.9 Å². The molecule has 3 aromatic rings. The van der Waals surface area contributed by atoms with E-state index >= 15 is 0 Å². The lowest BCUT2D eigenvalue weighted by Crippen LogP contribution is -2.47. The molecule has 8 heteroatoms. The van der Waals surface area contributed by atoms with E-state index in [-0.39, 0.29) is 5.41 Å². The van der Waals surface area contributed by atoms with E-state index in [1.165, 1.54) is 12.8 Å². The maximum atomic E-state index is 4.76. The molecule has 1 aliphatic heterocycles. The topological polar surface area (TPSA) is 62.5 Å². The first-order valence-electron chi connectivity index (χ1n) is 9.67. The smallest absolute Gasteiger partial charge is 0.205 e. The lowest BCUT2D eigenvalue weighted by molar-refractivity contribution is 0.562. The molecule has 0 aromatic carbocycles. The van der Waals surface area contributed by atoms with Crippen LogP contribution >= 0.6 is 11.5 Å². The SMILES string of the molecule is CC(C)(C)c1cc2c(N3CCN(c4nc(C5CC5)ns4)CC3)nccn2n1. The van der Waals surface area contributed by atoms with Crippen molar-refractivity contribution in [3.05, 3.63) is 30.0 Å². The van der Waals surface area contributed by atoms with Gasteiger partial charge in [0.15, 0.2) is 5.82 Å². The fourth-order valence-electron chi connectivity index (χ4n) is 3.49. The highest BCUT2D eigenvalue weighted by Gasteiger charge is 2.30. The predicted molar refractivity (Wildman–Crippen MR) is 108 cm³/mol. The van der Waals surface area contributed by atoms with Crippen LogP contribution in [-0.2, 0) is 5.41 Å². The van der Waals surface area contributed by atoms with Gasteiger partial charge in [0.25, 0.3) is 0 Å². The van der Waals surface area contributed by atoms with Crippen LogP contribution < -0.4 is 9.80 Å². The normalized spacial score (nSPS) is 18.5. The molecule has 0 bridgehead atoms. The van der Waals surface area contributed by atoms with Gasteiger partial charge in [-0.25, -0.2) is 14.5 Å². The van der Waals surface area contributed by atoms with E-state index in [1.54, 1.807) is 11.5 Å². The van der Waals surface area contributed by atoms with E-state index in [0.29, 0.717) is 5.92 Å². The number of anilines is 2. The van der Waals surface area contributed by atoms with Gasteiger partial charge in [-0.1, -0.05) is 20.8 Å². The van der Waals surface area contributed by atoms with Gasteiger partial charge in [-0.3, -0.25) is 0 Å². The monoisotopic (exact) mass is 383 g/mol. The summed E-state index contributed by atoms with van der Waals surface area (Å²) in [4.78, 5) is 14.2. The molecule has 1 aliphatic carbocycles. The summed E-state index contributed by atoms with van der Waals surface area (Å²) in [5, 5.41) is 5.82. The number of hydrogen-bond donors (Lipinski definition) is 0. The standard InChI is InChI=1S/C19H25N7S/c1-19(2,3)15-12-14-17(20-6-7-26(14)22-15)24-8-10-25(11-9-24)18-21-16(23-27-18)13-4-5-13/h6-7,12-13H,4-5,8-11H2,1-3H3. The van der Waals surface area contributed by atoms with E-state index < -0.39 is 0 Å². The van der Waals surface area contributed by atoms with E-state index in [9.17, 15) is 0 Å². The largest absolute Gasteiger partial charge is 0.351 e. The highest BCUT2D eigenvalue weighted by Crippen LogP contribution is 2.39. The Hall–Kier alpha value is -2.22. The molecule has 0 atom stereocenters. The zero-order chi connectivity index (χ0) is 18.6. The van der Waals surface area contributed by atoms with E-state index in [0.717, 1.165) is 54.2 Å². The summed E-state index contributed by atoms with van der Waals surface area (Å²) >= 11 is 1.55. The van der Waals surface area contributed by atoms with Gasteiger partial charge >= 0.3 is 0 Å². The molecule has 27 heavy (non-hydrogen) atoms. The predicted octanol–water partition coefficient (Wildman–Crippen LogP) is 3.08. The molecule has 0 N–H and O–H groups in total. The van der Waals surface area contributed by atoms with Crippen LogP contribution in [0.15, 0.2) is 18.5 Å². The summed E-state index contributed by atoms with van der Waals surface area (Å²) in [5.41, 5.74) is 2.21. The van der Waals surface area contributed by atoms with Crippen LogP contribution in [0.25, 0.3) is 5.52 Å². The van der Waals surface area contributed by atoms with Crippen molar-refractivity contribution >= 4 is 28.0 Å². The number of aromatic nitrogens is 5. The second-order valence-corrected chi connectivity index (χ2v) is 9.27. The first-order valence-corrected chi connectivity index (χ1v) is 10.4. The van der Waals surface area contributed by atoms with Gasteiger partial charge in [0.05, 0.1) is 5.69 Å². The maximum absolute atomic E-state index is 4.76. The Kier molecular flexibility index (Phi) is 3.86. The molecule has 5 rings (SSSR count). The number of fused-ring (bicyclic) bond motifs is 1. The van der Waals surface area contributed by atoms with Crippen molar-refractivity contribution in [2.75, 3.05) is 36.0 Å². The molecule has 4 heterocycles. The summed E-state index contributed by atoms with van der Waals surface area (Å²) in [6, 6.07) is 2.18. The zero-order valence-electron chi connectivity index (χ0n) is 16.1. The molecule has 0 spiro atoms. The van der Waals surface area contributed by atoms with Gasteiger partial charge in [-0.2, -0.15) is 9.47 Å². The number of rotatable bonds is 3. The molecule has 2 fully saturated rings. The van der Waals surface area contributed by atoms with E-state index in [1.807, 2.05) is 16.9 Å². The Morgan fingerprint density at radius 1 is 1.07 bits per heavy atom. The number of nitrogens with zero attached hydrogens (tertiary/aromatic N) is 7. The minimum absolute atomic E-state index is 0.0269. The Balaban J connectivity index is 1.35. The zero-order valence-corrected chi connectivity index (χ0v) is 16.9. The molecule has 0 amide bonds. The number of hydrogen-bond acceptors (Lipinski definition) is 7. The Bertz CT molecular complexity index is 958. The molecule has 3 aromatic heterocycles. The fraction of sp³-hybridized carbons (Fsp3) is 0.579. The van der Waals surface area contributed by atoms with Gasteiger partial charge in [0.1, 0.15) is 11.3 Å². The molecular formula is C19H25N7S. The van der Waals surface area contributed by atoms with Gasteiger partial charge in [0.2, 0.25) is 5.13 Å². The summed E-state index contributed by atoms with van der Waals surface area (Å²) in [7, 11) is 0. The third-order valence-corrected chi connectivity index (χ3v) is 6.15. The number of piperazine rings is 1. The van der Waals surface area contributed by atoms with Gasteiger partial charge in [-0.15, -0.1) is 0 Å². The average molecular weight is 384 g/mol. The highest BCUT2D eigenvalue weighted by atomic mass is 32.1. The molecule has 0 unspecified atom stereocenters. The van der Waals surface area contributed by atoms with Gasteiger partial charge in [0, 0.05) is 61.4 Å². The second kappa shape index (κ2) is 6.15. The summed E-state index contributed by atoms with van der Waals surface area (Å²) in [6.07, 6.45) is 6.29. The van der Waals surface area contributed by atoms with Crippen LogP contribution in [0.1, 0.15) is 51.0 Å². The lowest BCUT2D eigenvalue weighted by Gasteiger charge is -2.35. The molecule has 2 aliphatic rings. The maximum Gasteiger partial charge on any atom is 0.205 e. The molecule has 0 radical (unpaired) electrons. The second-order valence-electron chi connectivity index (χ2n) is 8.54. The van der Waals surface area contributed by atoms with Crippen LogP contribution in [0.3, 0.4) is 0 Å². The Morgan fingerprint density at radius 3 is 2.52 bits per heavy atom. The van der Waals surface area contributed by atoms with Crippen molar-refractivity contribution < 1.29 is 0 Å². The van der Waals surface area contributed by atoms with Gasteiger partial charge < -0.3 is 9.80 Å². The van der Waals surface area contributed by atoms with Crippen LogP contribution in [0, 0.1) is 0 Å². The highest BCUT2D eigenvalue weighted by molar-refractivity contribution is 7.09. The third kappa shape index (κ3) is 3.16. The van der Waals surface area contributed by atoms with Gasteiger partial charge in [-0.05, 0) is 18.9 Å².